The molecule has 0 aromatic heterocycles. The Bertz CT molecular complexity index is 1050. The first kappa shape index (κ1) is 22.0. The summed E-state index contributed by atoms with van der Waals surface area (Å²) in [6, 6.07) is 16.5. The molecule has 1 unspecified atom stereocenters. The fourth-order valence-corrected chi connectivity index (χ4v) is 6.95. The summed E-state index contributed by atoms with van der Waals surface area (Å²) < 4.78 is 10.9. The Hall–Kier alpha value is -2.82. The smallest absolute Gasteiger partial charge is 0.318 e. The third-order valence-electron chi connectivity index (χ3n) is 8.10. The van der Waals surface area contributed by atoms with E-state index in [4.69, 9.17) is 9.47 Å². The lowest BCUT2D eigenvalue weighted by atomic mass is 9.51. The Morgan fingerprint density at radius 3 is 2.67 bits per heavy atom. The van der Waals surface area contributed by atoms with Gasteiger partial charge in [0.15, 0.2) is 0 Å². The number of methoxy groups -OCH3 is 1. The highest BCUT2D eigenvalue weighted by molar-refractivity contribution is 5.99. The second-order valence-corrected chi connectivity index (χ2v) is 10.0. The van der Waals surface area contributed by atoms with Crippen LogP contribution in [-0.4, -0.2) is 30.5 Å². The maximum absolute atomic E-state index is 14.0. The number of benzene rings is 2. The van der Waals surface area contributed by atoms with Crippen molar-refractivity contribution in [1.29, 1.82) is 0 Å². The van der Waals surface area contributed by atoms with Crippen LogP contribution < -0.4 is 4.74 Å². The fraction of sp³-hybridized carbons (Fsp3) is 0.500. The van der Waals surface area contributed by atoms with E-state index in [2.05, 4.69) is 31.2 Å². The van der Waals surface area contributed by atoms with Gasteiger partial charge in [-0.15, -0.1) is 0 Å². The molecule has 0 spiro atoms. The molecule has 2 aromatic carbocycles. The van der Waals surface area contributed by atoms with Crippen LogP contribution in [0.1, 0.15) is 49.8 Å². The van der Waals surface area contributed by atoms with Crippen LogP contribution in [0.4, 0.5) is 0 Å². The number of fused-ring (bicyclic) bond motifs is 1. The van der Waals surface area contributed by atoms with E-state index < -0.39 is 11.5 Å². The van der Waals surface area contributed by atoms with Crippen LogP contribution >= 0.6 is 0 Å². The molecule has 174 valence electrons. The first-order chi connectivity index (χ1) is 16.0. The number of likely N-dealkylation sites (tertiary alicyclic amines) is 1. The molecule has 2 aromatic rings. The van der Waals surface area contributed by atoms with Gasteiger partial charge in [0.2, 0.25) is 5.91 Å². The lowest BCUT2D eigenvalue weighted by molar-refractivity contribution is -0.178. The molecule has 0 radical (unpaired) electrons. The van der Waals surface area contributed by atoms with E-state index in [1.807, 2.05) is 29.2 Å². The molecular weight excluding hydrogens is 414 g/mol. The van der Waals surface area contributed by atoms with Gasteiger partial charge in [0.25, 0.3) is 0 Å². The van der Waals surface area contributed by atoms with Crippen molar-refractivity contribution in [3.8, 4) is 5.75 Å². The standard InChI is InChI=1S/C28H33NO4/c1-4-33-27(31)23-15-25-20-12-18(2)16-28(25,24-11-10-22(32-3)14-21(24)13-20)29(26(23)30)17-19-8-6-5-7-9-19/h5-11,14,18,20,23,25H,4,12-13,15-17H2,1-3H3/t18-,20-,23?,25-,28-/m1/s1. The molecule has 1 aliphatic heterocycles. The normalized spacial score (nSPS) is 30.3. The average Bonchev–Trinajstić information content (AvgIpc) is 2.81. The van der Waals surface area contributed by atoms with Crippen molar-refractivity contribution in [3.05, 3.63) is 65.2 Å². The predicted molar refractivity (Wildman–Crippen MR) is 125 cm³/mol. The molecule has 1 amide bonds. The summed E-state index contributed by atoms with van der Waals surface area (Å²) in [5, 5.41) is 0. The molecule has 1 saturated heterocycles. The summed E-state index contributed by atoms with van der Waals surface area (Å²) in [5.74, 6) is 0.847. The molecule has 33 heavy (non-hydrogen) atoms. The number of carbonyl (C=O) groups excluding carboxylic acids is 2. The Labute approximate surface area is 196 Å². The molecule has 3 aliphatic rings. The molecule has 1 heterocycles. The van der Waals surface area contributed by atoms with Gasteiger partial charge in [0, 0.05) is 6.54 Å². The number of amides is 1. The van der Waals surface area contributed by atoms with Crippen LogP contribution in [0.15, 0.2) is 48.5 Å². The van der Waals surface area contributed by atoms with Gasteiger partial charge in [-0.05, 0) is 79.2 Å². The highest BCUT2D eigenvalue weighted by atomic mass is 16.5. The first-order valence-electron chi connectivity index (χ1n) is 12.2. The molecule has 5 nitrogen and oxygen atoms in total. The monoisotopic (exact) mass is 447 g/mol. The van der Waals surface area contributed by atoms with Gasteiger partial charge in [-0.25, -0.2) is 0 Å². The van der Waals surface area contributed by atoms with Gasteiger partial charge in [0.05, 0.1) is 19.3 Å². The number of piperidine rings is 1. The quantitative estimate of drug-likeness (QED) is 0.492. The zero-order valence-electron chi connectivity index (χ0n) is 19.8. The Balaban J connectivity index is 1.67. The van der Waals surface area contributed by atoms with E-state index >= 15 is 0 Å². The van der Waals surface area contributed by atoms with E-state index in [9.17, 15) is 9.59 Å². The van der Waals surface area contributed by atoms with Crippen LogP contribution in [0.25, 0.3) is 0 Å². The average molecular weight is 448 g/mol. The Morgan fingerprint density at radius 1 is 1.15 bits per heavy atom. The van der Waals surface area contributed by atoms with Crippen LogP contribution in [0.2, 0.25) is 0 Å². The number of hydrogen-bond acceptors (Lipinski definition) is 4. The van der Waals surface area contributed by atoms with Crippen molar-refractivity contribution in [2.24, 2.45) is 23.7 Å². The van der Waals surface area contributed by atoms with E-state index in [1.54, 1.807) is 14.0 Å². The molecule has 5 heteroatoms. The first-order valence-corrected chi connectivity index (χ1v) is 12.2. The van der Waals surface area contributed by atoms with E-state index in [-0.39, 0.29) is 17.8 Å². The molecular formula is C28H33NO4. The van der Waals surface area contributed by atoms with Gasteiger partial charge >= 0.3 is 5.97 Å². The van der Waals surface area contributed by atoms with Crippen molar-refractivity contribution in [2.45, 2.75) is 51.6 Å². The fourth-order valence-electron chi connectivity index (χ4n) is 6.95. The summed E-state index contributed by atoms with van der Waals surface area (Å²) in [5.41, 5.74) is 3.20. The summed E-state index contributed by atoms with van der Waals surface area (Å²) in [4.78, 5) is 29.0. The van der Waals surface area contributed by atoms with Gasteiger partial charge in [0.1, 0.15) is 11.7 Å². The van der Waals surface area contributed by atoms with Gasteiger partial charge in [-0.3, -0.25) is 9.59 Å². The number of rotatable bonds is 5. The second-order valence-electron chi connectivity index (χ2n) is 10.0. The third kappa shape index (κ3) is 3.53. The minimum absolute atomic E-state index is 0.0925. The van der Waals surface area contributed by atoms with Gasteiger partial charge in [-0.1, -0.05) is 43.3 Å². The molecule has 2 aliphatic carbocycles. The van der Waals surface area contributed by atoms with Gasteiger partial charge < -0.3 is 14.4 Å². The summed E-state index contributed by atoms with van der Waals surface area (Å²) >= 11 is 0. The number of hydrogen-bond donors (Lipinski definition) is 0. The minimum atomic E-state index is -0.720. The van der Waals surface area contributed by atoms with Crippen molar-refractivity contribution in [1.82, 2.24) is 4.90 Å². The van der Waals surface area contributed by atoms with Crippen LogP contribution in [0.5, 0.6) is 5.75 Å². The molecule has 1 saturated carbocycles. The minimum Gasteiger partial charge on any atom is -0.497 e. The second kappa shape index (κ2) is 8.51. The molecule has 5 rings (SSSR count). The largest absolute Gasteiger partial charge is 0.497 e. The maximum Gasteiger partial charge on any atom is 0.318 e. The lowest BCUT2D eigenvalue weighted by Crippen LogP contribution is -2.66. The number of ether oxygens (including phenoxy) is 2. The highest BCUT2D eigenvalue weighted by Gasteiger charge is 2.61. The zero-order valence-corrected chi connectivity index (χ0v) is 19.8. The predicted octanol–water partition coefficient (Wildman–Crippen LogP) is 4.72. The van der Waals surface area contributed by atoms with Gasteiger partial charge in [-0.2, -0.15) is 0 Å². The summed E-state index contributed by atoms with van der Waals surface area (Å²) in [7, 11) is 1.70. The number of esters is 1. The highest BCUT2D eigenvalue weighted by Crippen LogP contribution is 2.60. The van der Waals surface area contributed by atoms with Crippen molar-refractivity contribution < 1.29 is 19.1 Å². The van der Waals surface area contributed by atoms with Crippen LogP contribution in [0.3, 0.4) is 0 Å². The Morgan fingerprint density at radius 2 is 1.94 bits per heavy atom. The zero-order chi connectivity index (χ0) is 23.2. The number of carbonyl (C=O) groups is 2. The van der Waals surface area contributed by atoms with Crippen molar-refractivity contribution in [2.75, 3.05) is 13.7 Å². The van der Waals surface area contributed by atoms with Crippen LogP contribution in [-0.2, 0) is 32.8 Å². The SMILES string of the molecule is CCOC(=O)C1C[C@@H]2[C@H]3Cc4cc(OC)ccc4[C@@]2(C[C@H](C)C3)N(Cc2ccccc2)C1=O. The lowest BCUT2D eigenvalue weighted by Gasteiger charge is -2.62. The topological polar surface area (TPSA) is 55.8 Å². The van der Waals surface area contributed by atoms with E-state index in [0.29, 0.717) is 31.4 Å². The molecule has 5 atom stereocenters. The summed E-state index contributed by atoms with van der Waals surface area (Å²) in [6.45, 7) is 4.90. The van der Waals surface area contributed by atoms with Crippen LogP contribution in [0, 0.1) is 23.7 Å². The van der Waals surface area contributed by atoms with E-state index in [0.717, 1.165) is 30.6 Å². The van der Waals surface area contributed by atoms with E-state index in [1.165, 1.54) is 11.1 Å². The molecule has 2 fully saturated rings. The van der Waals surface area contributed by atoms with Crippen molar-refractivity contribution >= 4 is 11.9 Å². The van der Waals surface area contributed by atoms with Crippen molar-refractivity contribution in [3.63, 3.8) is 0 Å². The Kier molecular flexibility index (Phi) is 5.67. The third-order valence-corrected chi connectivity index (χ3v) is 8.10. The molecule has 2 bridgehead atoms. The summed E-state index contributed by atoms with van der Waals surface area (Å²) in [6.07, 6.45) is 3.58. The number of nitrogens with zero attached hydrogens (tertiary/aromatic N) is 1. The molecule has 0 N–H and O–H groups in total. The maximum atomic E-state index is 14.0.